The highest BCUT2D eigenvalue weighted by molar-refractivity contribution is 7.99. The molecule has 0 saturated carbocycles. The standard InChI is InChI=1S/C16H18N2OS/c1-5-14(19)13-8-6-7-9-15(13)20-16-17-11(3)10(2)12(4)18-16/h6-9H,5H2,1-4H3. The number of carbonyl (C=O) groups excluding carboxylic acids is 1. The molecule has 0 amide bonds. The molecule has 4 heteroatoms. The van der Waals surface area contributed by atoms with E-state index in [2.05, 4.69) is 9.97 Å². The predicted molar refractivity (Wildman–Crippen MR) is 81.4 cm³/mol. The molecule has 1 aromatic heterocycles. The maximum Gasteiger partial charge on any atom is 0.192 e. The molecule has 1 heterocycles. The number of hydrogen-bond acceptors (Lipinski definition) is 4. The van der Waals surface area contributed by atoms with E-state index >= 15 is 0 Å². The molecule has 0 fully saturated rings. The van der Waals surface area contributed by atoms with Gasteiger partial charge in [0, 0.05) is 28.3 Å². The van der Waals surface area contributed by atoms with E-state index in [0.717, 1.165) is 27.4 Å². The first-order valence-corrected chi connectivity index (χ1v) is 7.46. The Kier molecular flexibility index (Phi) is 4.55. The van der Waals surface area contributed by atoms with Gasteiger partial charge >= 0.3 is 0 Å². The molecule has 0 saturated heterocycles. The van der Waals surface area contributed by atoms with Crippen LogP contribution in [-0.2, 0) is 0 Å². The molecule has 0 bridgehead atoms. The van der Waals surface area contributed by atoms with Gasteiger partial charge < -0.3 is 0 Å². The lowest BCUT2D eigenvalue weighted by atomic mass is 10.1. The Hall–Kier alpha value is -1.68. The van der Waals surface area contributed by atoms with E-state index < -0.39 is 0 Å². The van der Waals surface area contributed by atoms with Crippen molar-refractivity contribution in [3.63, 3.8) is 0 Å². The van der Waals surface area contributed by atoms with E-state index in [4.69, 9.17) is 0 Å². The average molecular weight is 286 g/mol. The van der Waals surface area contributed by atoms with Gasteiger partial charge in [-0.15, -0.1) is 0 Å². The summed E-state index contributed by atoms with van der Waals surface area (Å²) in [6, 6.07) is 7.63. The molecule has 0 N–H and O–H groups in total. The minimum Gasteiger partial charge on any atom is -0.294 e. The van der Waals surface area contributed by atoms with Gasteiger partial charge in [0.15, 0.2) is 10.9 Å². The number of aromatic nitrogens is 2. The fourth-order valence-corrected chi connectivity index (χ4v) is 2.86. The van der Waals surface area contributed by atoms with Crippen LogP contribution in [0.2, 0.25) is 0 Å². The normalized spacial score (nSPS) is 10.6. The molecule has 3 nitrogen and oxygen atoms in total. The van der Waals surface area contributed by atoms with Crippen molar-refractivity contribution in [2.24, 2.45) is 0 Å². The van der Waals surface area contributed by atoms with Crippen molar-refractivity contribution >= 4 is 17.5 Å². The average Bonchev–Trinajstić information content (AvgIpc) is 2.44. The Labute approximate surface area is 123 Å². The third-order valence-electron chi connectivity index (χ3n) is 3.32. The zero-order chi connectivity index (χ0) is 14.7. The van der Waals surface area contributed by atoms with Crippen LogP contribution in [0.25, 0.3) is 0 Å². The van der Waals surface area contributed by atoms with Gasteiger partial charge in [0.25, 0.3) is 0 Å². The van der Waals surface area contributed by atoms with E-state index in [-0.39, 0.29) is 5.78 Å². The molecule has 104 valence electrons. The molecule has 2 aromatic rings. The number of rotatable bonds is 4. The molecule has 2 rings (SSSR count). The Morgan fingerprint density at radius 3 is 2.30 bits per heavy atom. The van der Waals surface area contributed by atoms with Crippen LogP contribution in [0.3, 0.4) is 0 Å². The molecule has 0 aliphatic rings. The van der Waals surface area contributed by atoms with E-state index in [1.807, 2.05) is 52.0 Å². The fraction of sp³-hybridized carbons (Fsp3) is 0.312. The summed E-state index contributed by atoms with van der Waals surface area (Å²) >= 11 is 1.45. The molecule has 0 aliphatic carbocycles. The van der Waals surface area contributed by atoms with Gasteiger partial charge in [-0.3, -0.25) is 4.79 Å². The first-order valence-electron chi connectivity index (χ1n) is 6.64. The number of benzene rings is 1. The first kappa shape index (κ1) is 14.7. The van der Waals surface area contributed by atoms with Gasteiger partial charge in [0.2, 0.25) is 0 Å². The van der Waals surface area contributed by atoms with E-state index in [1.165, 1.54) is 11.8 Å². The zero-order valence-electron chi connectivity index (χ0n) is 12.2. The summed E-state index contributed by atoms with van der Waals surface area (Å²) < 4.78 is 0. The smallest absolute Gasteiger partial charge is 0.192 e. The monoisotopic (exact) mass is 286 g/mol. The summed E-state index contributed by atoms with van der Waals surface area (Å²) in [6.45, 7) is 7.86. The van der Waals surface area contributed by atoms with E-state index in [0.29, 0.717) is 11.6 Å². The van der Waals surface area contributed by atoms with Crippen LogP contribution in [0.1, 0.15) is 40.7 Å². The fourth-order valence-electron chi connectivity index (χ4n) is 1.86. The molecule has 0 unspecified atom stereocenters. The van der Waals surface area contributed by atoms with Crippen molar-refractivity contribution in [1.82, 2.24) is 9.97 Å². The number of Topliss-reactive ketones (excluding diaryl/α,β-unsaturated/α-hetero) is 1. The third-order valence-corrected chi connectivity index (χ3v) is 4.26. The number of nitrogens with zero attached hydrogens (tertiary/aromatic N) is 2. The van der Waals surface area contributed by atoms with Crippen molar-refractivity contribution < 1.29 is 4.79 Å². The maximum absolute atomic E-state index is 12.0. The summed E-state index contributed by atoms with van der Waals surface area (Å²) in [6.07, 6.45) is 0.504. The van der Waals surface area contributed by atoms with Gasteiger partial charge in [0.1, 0.15) is 0 Å². The molecular weight excluding hydrogens is 268 g/mol. The second kappa shape index (κ2) is 6.18. The van der Waals surface area contributed by atoms with E-state index in [1.54, 1.807) is 0 Å². The molecule has 0 spiro atoms. The first-order chi connectivity index (χ1) is 9.52. The van der Waals surface area contributed by atoms with Crippen molar-refractivity contribution in [2.75, 3.05) is 0 Å². The minimum atomic E-state index is 0.147. The van der Waals surface area contributed by atoms with Crippen LogP contribution in [0.5, 0.6) is 0 Å². The van der Waals surface area contributed by atoms with Gasteiger partial charge in [-0.2, -0.15) is 0 Å². The molecule has 1 aromatic carbocycles. The van der Waals surface area contributed by atoms with Crippen LogP contribution >= 0.6 is 11.8 Å². The SMILES string of the molecule is CCC(=O)c1ccccc1Sc1nc(C)c(C)c(C)n1. The van der Waals surface area contributed by atoms with Crippen molar-refractivity contribution in [3.8, 4) is 0 Å². The molecule has 0 radical (unpaired) electrons. The van der Waals surface area contributed by atoms with Crippen molar-refractivity contribution in [2.45, 2.75) is 44.2 Å². The van der Waals surface area contributed by atoms with Gasteiger partial charge in [-0.1, -0.05) is 25.1 Å². The second-order valence-corrected chi connectivity index (χ2v) is 5.69. The summed E-state index contributed by atoms with van der Waals surface area (Å²) in [5, 5.41) is 0.696. The highest BCUT2D eigenvalue weighted by Crippen LogP contribution is 2.29. The number of carbonyl (C=O) groups is 1. The van der Waals surface area contributed by atoms with Crippen LogP contribution in [0.15, 0.2) is 34.3 Å². The van der Waals surface area contributed by atoms with Crippen LogP contribution in [-0.4, -0.2) is 15.8 Å². The molecule has 0 aliphatic heterocycles. The van der Waals surface area contributed by atoms with Crippen molar-refractivity contribution in [3.05, 3.63) is 46.8 Å². The van der Waals surface area contributed by atoms with Crippen LogP contribution in [0, 0.1) is 20.8 Å². The lowest BCUT2D eigenvalue weighted by molar-refractivity contribution is 0.0985. The number of aryl methyl sites for hydroxylation is 2. The Morgan fingerprint density at radius 2 is 1.70 bits per heavy atom. The lowest BCUT2D eigenvalue weighted by Crippen LogP contribution is -2.01. The number of ketones is 1. The summed E-state index contributed by atoms with van der Waals surface area (Å²) in [5.74, 6) is 0.147. The highest BCUT2D eigenvalue weighted by Gasteiger charge is 2.12. The summed E-state index contributed by atoms with van der Waals surface area (Å²) in [4.78, 5) is 21.9. The molecular formula is C16H18N2OS. The topological polar surface area (TPSA) is 42.9 Å². The lowest BCUT2D eigenvalue weighted by Gasteiger charge is -2.09. The van der Waals surface area contributed by atoms with E-state index in [9.17, 15) is 4.79 Å². The van der Waals surface area contributed by atoms with Gasteiger partial charge in [-0.25, -0.2) is 9.97 Å². The van der Waals surface area contributed by atoms with Crippen molar-refractivity contribution in [1.29, 1.82) is 0 Å². The molecule has 0 atom stereocenters. The summed E-state index contributed by atoms with van der Waals surface area (Å²) in [7, 11) is 0. The summed E-state index contributed by atoms with van der Waals surface area (Å²) in [5.41, 5.74) is 3.84. The molecule has 20 heavy (non-hydrogen) atoms. The zero-order valence-corrected chi connectivity index (χ0v) is 13.0. The Morgan fingerprint density at radius 1 is 1.10 bits per heavy atom. The van der Waals surface area contributed by atoms with Gasteiger partial charge in [0.05, 0.1) is 0 Å². The third kappa shape index (κ3) is 3.07. The minimum absolute atomic E-state index is 0.147. The number of hydrogen-bond donors (Lipinski definition) is 0. The quantitative estimate of drug-likeness (QED) is 0.625. The second-order valence-electron chi connectivity index (χ2n) is 4.68. The largest absolute Gasteiger partial charge is 0.294 e. The Bertz CT molecular complexity index is 630. The maximum atomic E-state index is 12.0. The van der Waals surface area contributed by atoms with Crippen LogP contribution in [0.4, 0.5) is 0 Å². The predicted octanol–water partition coefficient (Wildman–Crippen LogP) is 4.15. The van der Waals surface area contributed by atoms with Gasteiger partial charge in [-0.05, 0) is 44.2 Å². The highest BCUT2D eigenvalue weighted by atomic mass is 32.2. The van der Waals surface area contributed by atoms with Crippen LogP contribution < -0.4 is 0 Å². The Balaban J connectivity index is 2.38.